The van der Waals surface area contributed by atoms with E-state index in [2.05, 4.69) is 12.2 Å². The van der Waals surface area contributed by atoms with Crippen LogP contribution in [0.2, 0.25) is 5.02 Å². The van der Waals surface area contributed by atoms with Crippen molar-refractivity contribution < 1.29 is 14.3 Å². The summed E-state index contributed by atoms with van der Waals surface area (Å²) in [5.41, 5.74) is 0. The maximum absolute atomic E-state index is 12.0. The number of likely N-dealkylation sites (tertiary alicyclic amines) is 1. The number of hydrogen-bond acceptors (Lipinski definition) is 3. The second-order valence-corrected chi connectivity index (χ2v) is 6.04. The summed E-state index contributed by atoms with van der Waals surface area (Å²) >= 11 is 5.77. The second kappa shape index (κ2) is 8.03. The van der Waals surface area contributed by atoms with Crippen LogP contribution in [0.1, 0.15) is 19.8 Å². The Morgan fingerprint density at radius 3 is 2.77 bits per heavy atom. The maximum atomic E-state index is 12.0. The first kappa shape index (κ1) is 16.6. The van der Waals surface area contributed by atoms with E-state index in [9.17, 15) is 9.59 Å². The molecule has 0 saturated carbocycles. The van der Waals surface area contributed by atoms with E-state index in [1.165, 1.54) is 0 Å². The Morgan fingerprint density at radius 2 is 2.09 bits per heavy atom. The molecule has 120 valence electrons. The van der Waals surface area contributed by atoms with Crippen LogP contribution in [-0.4, -0.2) is 43.0 Å². The number of carbonyl (C=O) groups is 2. The average molecular weight is 325 g/mol. The third kappa shape index (κ3) is 5.22. The van der Waals surface area contributed by atoms with Crippen LogP contribution in [0.25, 0.3) is 0 Å². The molecule has 1 atom stereocenters. The van der Waals surface area contributed by atoms with Crippen LogP contribution in [0.3, 0.4) is 0 Å². The number of nitrogens with one attached hydrogen (secondary N) is 1. The lowest BCUT2D eigenvalue weighted by atomic mass is 10.0. The predicted octanol–water partition coefficient (Wildman–Crippen LogP) is 2.09. The van der Waals surface area contributed by atoms with E-state index in [-0.39, 0.29) is 25.0 Å². The third-order valence-electron chi connectivity index (χ3n) is 3.63. The van der Waals surface area contributed by atoms with E-state index in [1.54, 1.807) is 24.3 Å². The zero-order chi connectivity index (χ0) is 15.9. The first-order valence-electron chi connectivity index (χ1n) is 7.47. The van der Waals surface area contributed by atoms with Gasteiger partial charge in [0.15, 0.2) is 6.61 Å². The average Bonchev–Trinajstić information content (AvgIpc) is 2.52. The summed E-state index contributed by atoms with van der Waals surface area (Å²) in [6.45, 7) is 3.59. The highest BCUT2D eigenvalue weighted by Gasteiger charge is 2.20. The third-order valence-corrected chi connectivity index (χ3v) is 3.88. The van der Waals surface area contributed by atoms with E-state index in [0.29, 0.717) is 16.7 Å². The summed E-state index contributed by atoms with van der Waals surface area (Å²) in [6.07, 6.45) is 2.19. The molecule has 2 rings (SSSR count). The van der Waals surface area contributed by atoms with Gasteiger partial charge in [-0.25, -0.2) is 0 Å². The van der Waals surface area contributed by atoms with Gasteiger partial charge in [0.05, 0.1) is 6.54 Å². The molecular weight excluding hydrogens is 304 g/mol. The fourth-order valence-corrected chi connectivity index (χ4v) is 2.56. The molecule has 0 aliphatic carbocycles. The van der Waals surface area contributed by atoms with Crippen molar-refractivity contribution in [2.75, 3.05) is 26.2 Å². The maximum Gasteiger partial charge on any atom is 0.258 e. The lowest BCUT2D eigenvalue weighted by molar-refractivity contribution is -0.134. The van der Waals surface area contributed by atoms with Crippen molar-refractivity contribution in [3.63, 3.8) is 0 Å². The van der Waals surface area contributed by atoms with E-state index >= 15 is 0 Å². The van der Waals surface area contributed by atoms with Crippen molar-refractivity contribution in [2.45, 2.75) is 19.8 Å². The van der Waals surface area contributed by atoms with Crippen molar-refractivity contribution in [1.82, 2.24) is 10.2 Å². The summed E-state index contributed by atoms with van der Waals surface area (Å²) in [4.78, 5) is 25.5. The molecule has 6 heteroatoms. The highest BCUT2D eigenvalue weighted by Crippen LogP contribution is 2.16. The molecule has 1 aliphatic rings. The Kier molecular flexibility index (Phi) is 6.07. The van der Waals surface area contributed by atoms with Crippen molar-refractivity contribution >= 4 is 23.4 Å². The topological polar surface area (TPSA) is 58.6 Å². The number of ether oxygens (including phenoxy) is 1. The van der Waals surface area contributed by atoms with E-state index in [0.717, 1.165) is 25.9 Å². The van der Waals surface area contributed by atoms with Gasteiger partial charge in [0.2, 0.25) is 5.91 Å². The molecule has 5 nitrogen and oxygen atoms in total. The Balaban J connectivity index is 1.68. The van der Waals surface area contributed by atoms with E-state index < -0.39 is 0 Å². The fraction of sp³-hybridized carbons (Fsp3) is 0.500. The number of rotatable bonds is 5. The minimum atomic E-state index is -0.312. The monoisotopic (exact) mass is 324 g/mol. The number of carbonyl (C=O) groups excluding carboxylic acids is 2. The smallest absolute Gasteiger partial charge is 0.258 e. The molecule has 1 unspecified atom stereocenters. The van der Waals surface area contributed by atoms with Gasteiger partial charge >= 0.3 is 0 Å². The standard InChI is InChI=1S/C16H21ClN2O3/c1-12-3-2-8-19(10-12)16(21)9-18-15(20)11-22-14-6-4-13(17)5-7-14/h4-7,12H,2-3,8-11H2,1H3,(H,18,20). The van der Waals surface area contributed by atoms with E-state index in [4.69, 9.17) is 16.3 Å². The molecule has 22 heavy (non-hydrogen) atoms. The molecule has 0 aromatic heterocycles. The number of hydrogen-bond donors (Lipinski definition) is 1. The summed E-state index contributed by atoms with van der Waals surface area (Å²) in [5, 5.41) is 3.20. The molecule has 1 aromatic carbocycles. The van der Waals surface area contributed by atoms with Gasteiger partial charge in [0.1, 0.15) is 5.75 Å². The van der Waals surface area contributed by atoms with Gasteiger partial charge in [0.25, 0.3) is 5.91 Å². The van der Waals surface area contributed by atoms with Crippen LogP contribution in [0.5, 0.6) is 5.75 Å². The summed E-state index contributed by atoms with van der Waals surface area (Å²) in [6, 6.07) is 6.76. The summed E-state index contributed by atoms with van der Waals surface area (Å²) in [7, 11) is 0. The molecule has 0 radical (unpaired) electrons. The van der Waals surface area contributed by atoms with Gasteiger partial charge in [-0.05, 0) is 43.0 Å². The van der Waals surface area contributed by atoms with Gasteiger partial charge in [-0.1, -0.05) is 18.5 Å². The van der Waals surface area contributed by atoms with Gasteiger partial charge < -0.3 is 15.0 Å². The minimum absolute atomic E-state index is 0.0233. The van der Waals surface area contributed by atoms with Crippen LogP contribution < -0.4 is 10.1 Å². The van der Waals surface area contributed by atoms with Crippen molar-refractivity contribution in [1.29, 1.82) is 0 Å². The zero-order valence-electron chi connectivity index (χ0n) is 12.7. The number of amides is 2. The molecule has 2 amide bonds. The molecule has 0 spiro atoms. The van der Waals surface area contributed by atoms with Crippen molar-refractivity contribution in [2.24, 2.45) is 5.92 Å². The summed E-state index contributed by atoms with van der Waals surface area (Å²) < 4.78 is 5.32. The second-order valence-electron chi connectivity index (χ2n) is 5.61. The molecule has 1 saturated heterocycles. The molecule has 1 aliphatic heterocycles. The molecule has 1 aromatic rings. The highest BCUT2D eigenvalue weighted by molar-refractivity contribution is 6.30. The van der Waals surface area contributed by atoms with Crippen LogP contribution in [0.15, 0.2) is 24.3 Å². The number of nitrogens with zero attached hydrogens (tertiary/aromatic N) is 1. The quantitative estimate of drug-likeness (QED) is 0.902. The van der Waals surface area contributed by atoms with Gasteiger partial charge in [-0.2, -0.15) is 0 Å². The highest BCUT2D eigenvalue weighted by atomic mass is 35.5. The van der Waals surface area contributed by atoms with Crippen molar-refractivity contribution in [3.05, 3.63) is 29.3 Å². The number of piperidine rings is 1. The first-order valence-corrected chi connectivity index (χ1v) is 7.85. The van der Waals surface area contributed by atoms with E-state index in [1.807, 2.05) is 4.90 Å². The zero-order valence-corrected chi connectivity index (χ0v) is 13.4. The molecule has 0 bridgehead atoms. The van der Waals surface area contributed by atoms with Crippen LogP contribution >= 0.6 is 11.6 Å². The minimum Gasteiger partial charge on any atom is -0.484 e. The molecule has 1 N–H and O–H groups in total. The molecule has 1 heterocycles. The normalized spacial score (nSPS) is 17.9. The fourth-order valence-electron chi connectivity index (χ4n) is 2.43. The van der Waals surface area contributed by atoms with Gasteiger partial charge in [0, 0.05) is 18.1 Å². The van der Waals surface area contributed by atoms with Gasteiger partial charge in [-0.15, -0.1) is 0 Å². The Bertz CT molecular complexity index is 519. The van der Waals surface area contributed by atoms with Crippen molar-refractivity contribution in [3.8, 4) is 5.75 Å². The van der Waals surface area contributed by atoms with Crippen LogP contribution in [0, 0.1) is 5.92 Å². The Labute approximate surface area is 135 Å². The molecular formula is C16H21ClN2O3. The summed E-state index contributed by atoms with van der Waals surface area (Å²) in [5.74, 6) is 0.747. The Hall–Kier alpha value is -1.75. The lowest BCUT2D eigenvalue weighted by Crippen LogP contribution is -2.45. The number of benzene rings is 1. The Morgan fingerprint density at radius 1 is 1.36 bits per heavy atom. The van der Waals surface area contributed by atoms with Gasteiger partial charge in [-0.3, -0.25) is 9.59 Å². The van der Waals surface area contributed by atoms with Crippen LogP contribution in [-0.2, 0) is 9.59 Å². The molecule has 1 fully saturated rings. The SMILES string of the molecule is CC1CCCN(C(=O)CNC(=O)COc2ccc(Cl)cc2)C1. The number of halogens is 1. The predicted molar refractivity (Wildman–Crippen MR) is 84.9 cm³/mol. The largest absolute Gasteiger partial charge is 0.484 e. The lowest BCUT2D eigenvalue weighted by Gasteiger charge is -2.31. The van der Waals surface area contributed by atoms with Crippen LogP contribution in [0.4, 0.5) is 0 Å². The first-order chi connectivity index (χ1) is 10.5.